The van der Waals surface area contributed by atoms with Crippen LogP contribution in [0.5, 0.6) is 0 Å². The SMILES string of the molecule is NC(=S)C(CN1CCC(CCO)C1)c1ccccc1. The minimum absolute atomic E-state index is 0.129. The van der Waals surface area contributed by atoms with Gasteiger partial charge in [-0.25, -0.2) is 0 Å². The van der Waals surface area contributed by atoms with Crippen molar-refractivity contribution in [2.75, 3.05) is 26.2 Å². The molecule has 2 unspecified atom stereocenters. The maximum absolute atomic E-state index is 9.00. The number of benzene rings is 1. The number of rotatable bonds is 6. The molecule has 1 aromatic rings. The maximum atomic E-state index is 9.00. The standard InChI is InChI=1S/C15H22N2OS/c16-15(19)14(13-4-2-1-3-5-13)11-17-8-6-12(10-17)7-9-18/h1-5,12,14,18H,6-11H2,(H2,16,19). The second kappa shape index (κ2) is 6.98. The Labute approximate surface area is 120 Å². The van der Waals surface area contributed by atoms with E-state index >= 15 is 0 Å². The number of nitrogens with zero attached hydrogens (tertiary/aromatic N) is 1. The van der Waals surface area contributed by atoms with Crippen molar-refractivity contribution in [2.45, 2.75) is 18.8 Å². The monoisotopic (exact) mass is 278 g/mol. The molecule has 1 aliphatic rings. The van der Waals surface area contributed by atoms with E-state index in [1.165, 1.54) is 12.0 Å². The fourth-order valence-corrected chi connectivity index (χ4v) is 3.01. The summed E-state index contributed by atoms with van der Waals surface area (Å²) in [7, 11) is 0. The van der Waals surface area contributed by atoms with Crippen LogP contribution in [0, 0.1) is 5.92 Å². The third-order valence-electron chi connectivity index (χ3n) is 3.89. The minimum Gasteiger partial charge on any atom is -0.396 e. The summed E-state index contributed by atoms with van der Waals surface area (Å²) in [6, 6.07) is 10.2. The van der Waals surface area contributed by atoms with Crippen molar-refractivity contribution in [1.82, 2.24) is 4.90 Å². The van der Waals surface area contributed by atoms with Crippen LogP contribution in [0.1, 0.15) is 24.3 Å². The number of likely N-dealkylation sites (tertiary alicyclic amines) is 1. The van der Waals surface area contributed by atoms with Gasteiger partial charge in [0.05, 0.1) is 4.99 Å². The molecule has 4 heteroatoms. The van der Waals surface area contributed by atoms with E-state index in [2.05, 4.69) is 17.0 Å². The Hall–Kier alpha value is -0.970. The van der Waals surface area contributed by atoms with E-state index in [-0.39, 0.29) is 12.5 Å². The average molecular weight is 278 g/mol. The molecule has 0 aliphatic carbocycles. The molecule has 1 saturated heterocycles. The molecule has 104 valence electrons. The topological polar surface area (TPSA) is 49.5 Å². The van der Waals surface area contributed by atoms with E-state index in [1.807, 2.05) is 18.2 Å². The molecule has 1 heterocycles. The lowest BCUT2D eigenvalue weighted by atomic mass is 9.98. The van der Waals surface area contributed by atoms with Gasteiger partial charge in [-0.1, -0.05) is 42.5 Å². The van der Waals surface area contributed by atoms with Gasteiger partial charge in [-0.05, 0) is 30.9 Å². The first-order valence-corrected chi connectivity index (χ1v) is 7.29. The Morgan fingerprint density at radius 3 is 2.79 bits per heavy atom. The number of nitrogens with two attached hydrogens (primary N) is 1. The van der Waals surface area contributed by atoms with Crippen molar-refractivity contribution in [1.29, 1.82) is 0 Å². The number of thiocarbonyl (C=S) groups is 1. The summed E-state index contributed by atoms with van der Waals surface area (Å²) >= 11 is 5.23. The molecule has 3 nitrogen and oxygen atoms in total. The largest absolute Gasteiger partial charge is 0.396 e. The molecule has 2 rings (SSSR count). The van der Waals surface area contributed by atoms with Crippen LogP contribution in [0.3, 0.4) is 0 Å². The van der Waals surface area contributed by atoms with E-state index in [1.54, 1.807) is 0 Å². The minimum atomic E-state index is 0.129. The maximum Gasteiger partial charge on any atom is 0.0816 e. The Bertz CT molecular complexity index is 410. The van der Waals surface area contributed by atoms with Gasteiger partial charge in [0.25, 0.3) is 0 Å². The van der Waals surface area contributed by atoms with Gasteiger partial charge in [0.15, 0.2) is 0 Å². The van der Waals surface area contributed by atoms with E-state index in [0.717, 1.165) is 26.1 Å². The summed E-state index contributed by atoms with van der Waals surface area (Å²) in [5.74, 6) is 0.747. The third-order valence-corrected chi connectivity index (χ3v) is 4.18. The number of hydrogen-bond acceptors (Lipinski definition) is 3. The molecular formula is C15H22N2OS. The average Bonchev–Trinajstić information content (AvgIpc) is 2.85. The van der Waals surface area contributed by atoms with Crippen LogP contribution in [0.25, 0.3) is 0 Å². The number of aliphatic hydroxyl groups excluding tert-OH is 1. The zero-order valence-corrected chi connectivity index (χ0v) is 12.0. The molecule has 0 saturated carbocycles. The molecule has 1 fully saturated rings. The first-order valence-electron chi connectivity index (χ1n) is 6.88. The predicted molar refractivity (Wildman–Crippen MR) is 82.2 cm³/mol. The Morgan fingerprint density at radius 1 is 1.42 bits per heavy atom. The van der Waals surface area contributed by atoms with E-state index < -0.39 is 0 Å². The van der Waals surface area contributed by atoms with Crippen molar-refractivity contribution < 1.29 is 5.11 Å². The molecule has 0 bridgehead atoms. The van der Waals surface area contributed by atoms with Gasteiger partial charge in [-0.15, -0.1) is 0 Å². The zero-order chi connectivity index (χ0) is 13.7. The van der Waals surface area contributed by atoms with E-state index in [0.29, 0.717) is 10.9 Å². The summed E-state index contributed by atoms with van der Waals surface area (Å²) in [6.45, 7) is 3.31. The summed E-state index contributed by atoms with van der Waals surface area (Å²) in [4.78, 5) is 2.98. The number of aliphatic hydroxyl groups is 1. The smallest absolute Gasteiger partial charge is 0.0816 e. The lowest BCUT2D eigenvalue weighted by Crippen LogP contribution is -2.33. The lowest BCUT2D eigenvalue weighted by molar-refractivity contribution is 0.250. The third kappa shape index (κ3) is 4.00. The zero-order valence-electron chi connectivity index (χ0n) is 11.2. The van der Waals surface area contributed by atoms with Crippen LogP contribution in [0.15, 0.2) is 30.3 Å². The van der Waals surface area contributed by atoms with Crippen LogP contribution in [-0.4, -0.2) is 41.2 Å². The molecule has 1 aliphatic heterocycles. The van der Waals surface area contributed by atoms with Gasteiger partial charge in [0.2, 0.25) is 0 Å². The quantitative estimate of drug-likeness (QED) is 0.779. The number of hydrogen-bond donors (Lipinski definition) is 2. The first-order chi connectivity index (χ1) is 9.20. The van der Waals surface area contributed by atoms with E-state index in [4.69, 9.17) is 23.1 Å². The first kappa shape index (κ1) is 14.4. The highest BCUT2D eigenvalue weighted by Gasteiger charge is 2.25. The molecule has 0 spiro atoms. The molecule has 0 aromatic heterocycles. The molecule has 3 N–H and O–H groups in total. The normalized spacial score (nSPS) is 21.4. The van der Waals surface area contributed by atoms with Crippen LogP contribution in [0.4, 0.5) is 0 Å². The van der Waals surface area contributed by atoms with Gasteiger partial charge in [0, 0.05) is 25.6 Å². The molecule has 0 amide bonds. The summed E-state index contributed by atoms with van der Waals surface area (Å²) in [5, 5.41) is 9.00. The molecular weight excluding hydrogens is 256 g/mol. The van der Waals surface area contributed by atoms with Crippen molar-refractivity contribution in [3.05, 3.63) is 35.9 Å². The fraction of sp³-hybridized carbons (Fsp3) is 0.533. The summed E-state index contributed by atoms with van der Waals surface area (Å²) < 4.78 is 0. The van der Waals surface area contributed by atoms with Crippen molar-refractivity contribution in [3.63, 3.8) is 0 Å². The summed E-state index contributed by atoms with van der Waals surface area (Å²) in [6.07, 6.45) is 2.07. The van der Waals surface area contributed by atoms with Gasteiger partial charge >= 0.3 is 0 Å². The van der Waals surface area contributed by atoms with Crippen LogP contribution in [-0.2, 0) is 0 Å². The van der Waals surface area contributed by atoms with Gasteiger partial charge in [-0.2, -0.15) is 0 Å². The van der Waals surface area contributed by atoms with Crippen LogP contribution >= 0.6 is 12.2 Å². The second-order valence-corrected chi connectivity index (χ2v) is 5.76. The van der Waals surface area contributed by atoms with Crippen molar-refractivity contribution in [3.8, 4) is 0 Å². The fourth-order valence-electron chi connectivity index (χ4n) is 2.80. The van der Waals surface area contributed by atoms with Gasteiger partial charge < -0.3 is 15.7 Å². The molecule has 2 atom stereocenters. The summed E-state index contributed by atoms with van der Waals surface area (Å²) in [5.41, 5.74) is 7.10. The highest BCUT2D eigenvalue weighted by molar-refractivity contribution is 7.80. The van der Waals surface area contributed by atoms with Crippen LogP contribution in [0.2, 0.25) is 0 Å². The van der Waals surface area contributed by atoms with Gasteiger partial charge in [0.1, 0.15) is 0 Å². The second-order valence-electron chi connectivity index (χ2n) is 5.29. The molecule has 1 aromatic carbocycles. The highest BCUT2D eigenvalue weighted by Crippen LogP contribution is 2.24. The Kier molecular flexibility index (Phi) is 5.31. The lowest BCUT2D eigenvalue weighted by Gasteiger charge is -2.23. The van der Waals surface area contributed by atoms with Crippen LogP contribution < -0.4 is 5.73 Å². The van der Waals surface area contributed by atoms with Crippen molar-refractivity contribution >= 4 is 17.2 Å². The Morgan fingerprint density at radius 2 is 2.16 bits per heavy atom. The van der Waals surface area contributed by atoms with Crippen molar-refractivity contribution in [2.24, 2.45) is 11.7 Å². The van der Waals surface area contributed by atoms with Gasteiger partial charge in [-0.3, -0.25) is 0 Å². The Balaban J connectivity index is 1.97. The molecule has 0 radical (unpaired) electrons. The van der Waals surface area contributed by atoms with E-state index in [9.17, 15) is 0 Å². The predicted octanol–water partition coefficient (Wildman–Crippen LogP) is 1.76. The molecule has 19 heavy (non-hydrogen) atoms. The highest BCUT2D eigenvalue weighted by atomic mass is 32.1.